The summed E-state index contributed by atoms with van der Waals surface area (Å²) in [6, 6.07) is 4.51. The maximum absolute atomic E-state index is 2.28. The molecule has 0 fully saturated rings. The zero-order valence-electron chi connectivity index (χ0n) is 9.78. The van der Waals surface area contributed by atoms with Crippen LogP contribution in [0.4, 0.5) is 0 Å². The van der Waals surface area contributed by atoms with E-state index in [1.54, 1.807) is 20.2 Å². The average Bonchev–Trinajstić information content (AvgIpc) is 3.06. The van der Waals surface area contributed by atoms with E-state index in [-0.39, 0.29) is 0 Å². The second-order valence-electron chi connectivity index (χ2n) is 4.41. The van der Waals surface area contributed by atoms with Crippen LogP contribution in [0.1, 0.15) is 28.8 Å². The smallest absolute Gasteiger partial charge is 0.0630 e. The topological polar surface area (TPSA) is 0 Å². The van der Waals surface area contributed by atoms with E-state index in [9.17, 15) is 0 Å². The van der Waals surface area contributed by atoms with Gasteiger partial charge in [-0.15, -0.1) is 34.4 Å². The predicted octanol–water partition coefficient (Wildman–Crippen LogP) is 5.02. The molecule has 0 N–H and O–H groups in total. The molecule has 0 bridgehead atoms. The lowest BCUT2D eigenvalue weighted by Gasteiger charge is -2.08. The molecule has 0 amide bonds. The van der Waals surface area contributed by atoms with Crippen LogP contribution in [0.15, 0.2) is 27.1 Å². The fraction of sp³-hybridized carbons (Fsp3) is 0.429. The molecule has 2 aromatic rings. The third-order valence-electron chi connectivity index (χ3n) is 3.25. The Morgan fingerprint density at radius 2 is 1.65 bits per heavy atom. The number of fused-ring (bicyclic) bond motifs is 2. The molecule has 0 nitrogen and oxygen atoms in total. The van der Waals surface area contributed by atoms with Gasteiger partial charge in [0, 0.05) is 10.6 Å². The van der Waals surface area contributed by atoms with Gasteiger partial charge in [0.1, 0.15) is 0 Å². The van der Waals surface area contributed by atoms with E-state index in [1.165, 1.54) is 37.9 Å². The van der Waals surface area contributed by atoms with Crippen LogP contribution in [0.2, 0.25) is 0 Å². The van der Waals surface area contributed by atoms with Crippen molar-refractivity contribution in [1.82, 2.24) is 0 Å². The molecule has 2 aromatic heterocycles. The highest BCUT2D eigenvalue weighted by molar-refractivity contribution is 8.01. The molecule has 1 aliphatic carbocycles. The van der Waals surface area contributed by atoms with Crippen LogP contribution >= 0.6 is 34.4 Å². The summed E-state index contributed by atoms with van der Waals surface area (Å²) < 4.78 is 1.55. The van der Waals surface area contributed by atoms with Crippen molar-refractivity contribution in [1.29, 1.82) is 0 Å². The Morgan fingerprint density at radius 3 is 2.53 bits per heavy atom. The third kappa shape index (κ3) is 2.78. The summed E-state index contributed by atoms with van der Waals surface area (Å²) in [7, 11) is 0. The molecule has 90 valence electrons. The van der Waals surface area contributed by atoms with E-state index in [1.807, 2.05) is 34.4 Å². The highest BCUT2D eigenvalue weighted by Crippen LogP contribution is 2.35. The predicted molar refractivity (Wildman–Crippen MR) is 79.7 cm³/mol. The van der Waals surface area contributed by atoms with Gasteiger partial charge in [0.2, 0.25) is 0 Å². The lowest BCUT2D eigenvalue weighted by molar-refractivity contribution is 0.697. The lowest BCUT2D eigenvalue weighted by atomic mass is 10.00. The van der Waals surface area contributed by atoms with Crippen molar-refractivity contribution in [3.05, 3.63) is 38.9 Å². The summed E-state index contributed by atoms with van der Waals surface area (Å²) in [5.74, 6) is 1.31. The zero-order chi connectivity index (χ0) is 11.5. The minimum absolute atomic E-state index is 1.30. The van der Waals surface area contributed by atoms with E-state index in [0.717, 1.165) is 0 Å². The van der Waals surface area contributed by atoms with Crippen molar-refractivity contribution in [2.24, 2.45) is 0 Å². The number of aryl methyl sites for hydroxylation is 3. The molecule has 0 saturated carbocycles. The number of hydrogen-bond acceptors (Lipinski definition) is 3. The summed E-state index contributed by atoms with van der Waals surface area (Å²) >= 11 is 5.79. The molecule has 0 unspecified atom stereocenters. The minimum atomic E-state index is 1.30. The lowest BCUT2D eigenvalue weighted by Crippen LogP contribution is -1.96. The number of thioether (sulfide) groups is 1. The van der Waals surface area contributed by atoms with Gasteiger partial charge in [0.15, 0.2) is 0 Å². The van der Waals surface area contributed by atoms with Crippen molar-refractivity contribution in [3.8, 4) is 0 Å². The first-order valence-electron chi connectivity index (χ1n) is 6.18. The summed E-state index contributed by atoms with van der Waals surface area (Å²) in [5.41, 5.74) is 3.19. The Bertz CT molecular complexity index is 442. The fourth-order valence-electron chi connectivity index (χ4n) is 2.30. The highest BCUT2D eigenvalue weighted by atomic mass is 32.2. The van der Waals surface area contributed by atoms with Gasteiger partial charge < -0.3 is 0 Å². The molecular formula is C14H16S3. The summed E-state index contributed by atoms with van der Waals surface area (Å²) in [4.78, 5) is 1.64. The minimum Gasteiger partial charge on any atom is -0.149 e. The monoisotopic (exact) mass is 280 g/mol. The van der Waals surface area contributed by atoms with E-state index < -0.39 is 0 Å². The second-order valence-corrected chi connectivity index (χ2v) is 7.69. The van der Waals surface area contributed by atoms with E-state index in [2.05, 4.69) is 22.9 Å². The Labute approximate surface area is 115 Å². The highest BCUT2D eigenvalue weighted by Gasteiger charge is 2.10. The van der Waals surface area contributed by atoms with Crippen LogP contribution in [-0.4, -0.2) is 5.75 Å². The Kier molecular flexibility index (Phi) is 3.89. The molecule has 0 spiro atoms. The molecular weight excluding hydrogens is 264 g/mol. The zero-order valence-corrected chi connectivity index (χ0v) is 12.2. The average molecular weight is 280 g/mol. The van der Waals surface area contributed by atoms with Crippen LogP contribution < -0.4 is 0 Å². The van der Waals surface area contributed by atoms with Crippen LogP contribution in [0.25, 0.3) is 0 Å². The maximum atomic E-state index is 2.28. The standard InChI is InChI=1S/C8H10S.C6H6S2/c1-2-4-8-7(3-1)5-6-9-8;1-3-7-6-5(1)2-4-8-6/h5-6H,1-4H2;1,3H,2,4H2. The second kappa shape index (κ2) is 5.59. The van der Waals surface area contributed by atoms with Gasteiger partial charge in [0.05, 0.1) is 4.21 Å². The first kappa shape index (κ1) is 11.8. The number of thiophene rings is 2. The Balaban J connectivity index is 0.000000107. The molecule has 0 saturated heterocycles. The number of rotatable bonds is 0. The first-order chi connectivity index (χ1) is 8.43. The van der Waals surface area contributed by atoms with Gasteiger partial charge in [0.25, 0.3) is 0 Å². The van der Waals surface area contributed by atoms with Crippen molar-refractivity contribution >= 4 is 34.4 Å². The molecule has 4 rings (SSSR count). The number of hydrogen-bond donors (Lipinski definition) is 0. The van der Waals surface area contributed by atoms with Crippen LogP contribution in [-0.2, 0) is 19.3 Å². The van der Waals surface area contributed by atoms with Crippen LogP contribution in [0.5, 0.6) is 0 Å². The van der Waals surface area contributed by atoms with Crippen LogP contribution in [0.3, 0.4) is 0 Å². The van der Waals surface area contributed by atoms with Gasteiger partial charge in [-0.3, -0.25) is 0 Å². The van der Waals surface area contributed by atoms with Crippen molar-refractivity contribution in [3.63, 3.8) is 0 Å². The molecule has 1 aliphatic heterocycles. The van der Waals surface area contributed by atoms with Crippen molar-refractivity contribution < 1.29 is 0 Å². The van der Waals surface area contributed by atoms with E-state index in [0.29, 0.717) is 0 Å². The van der Waals surface area contributed by atoms with Gasteiger partial charge in [-0.25, -0.2) is 0 Å². The quantitative estimate of drug-likeness (QED) is 0.652. The SMILES string of the molecule is c1cc2c(s1)CCCC2.c1cc2c(s1)SCC2. The summed E-state index contributed by atoms with van der Waals surface area (Å²) in [6.45, 7) is 0. The third-order valence-corrected chi connectivity index (χ3v) is 6.59. The van der Waals surface area contributed by atoms with Gasteiger partial charge in [-0.2, -0.15) is 0 Å². The molecule has 0 aromatic carbocycles. The molecule has 2 aliphatic rings. The largest absolute Gasteiger partial charge is 0.149 e. The fourth-order valence-corrected chi connectivity index (χ4v) is 5.51. The molecule has 3 heterocycles. The van der Waals surface area contributed by atoms with Gasteiger partial charge in [-0.05, 0) is 66.1 Å². The Hall–Kier alpha value is -0.250. The van der Waals surface area contributed by atoms with Crippen molar-refractivity contribution in [2.75, 3.05) is 5.75 Å². The molecule has 0 radical (unpaired) electrons. The molecule has 17 heavy (non-hydrogen) atoms. The molecule has 3 heteroatoms. The first-order valence-corrected chi connectivity index (χ1v) is 8.92. The molecule has 0 atom stereocenters. The van der Waals surface area contributed by atoms with Gasteiger partial charge >= 0.3 is 0 Å². The normalized spacial score (nSPS) is 16.9. The Morgan fingerprint density at radius 1 is 0.824 bits per heavy atom. The van der Waals surface area contributed by atoms with E-state index >= 15 is 0 Å². The summed E-state index contributed by atoms with van der Waals surface area (Å²) in [5, 5.41) is 4.40. The van der Waals surface area contributed by atoms with Crippen LogP contribution in [0, 0.1) is 0 Å². The maximum Gasteiger partial charge on any atom is 0.0630 e. The van der Waals surface area contributed by atoms with Crippen molar-refractivity contribution in [2.45, 2.75) is 36.3 Å². The van der Waals surface area contributed by atoms with E-state index in [4.69, 9.17) is 0 Å². The summed E-state index contributed by atoms with van der Waals surface area (Å²) in [6.07, 6.45) is 6.78. The van der Waals surface area contributed by atoms with Gasteiger partial charge in [-0.1, -0.05) is 0 Å².